The van der Waals surface area contributed by atoms with Crippen molar-refractivity contribution in [2.75, 3.05) is 32.7 Å². The molecule has 1 unspecified atom stereocenters. The number of rotatable bonds is 5. The largest absolute Gasteiger partial charge is 0.480 e. The Labute approximate surface area is 121 Å². The minimum atomic E-state index is -0.959. The van der Waals surface area contributed by atoms with E-state index >= 15 is 0 Å². The van der Waals surface area contributed by atoms with Gasteiger partial charge in [0.15, 0.2) is 0 Å². The number of carbonyl (C=O) groups excluding carboxylic acids is 1. The Morgan fingerprint density at radius 1 is 1.15 bits per heavy atom. The monoisotopic (exact) mass is 285 g/mol. The van der Waals surface area contributed by atoms with Gasteiger partial charge < -0.3 is 14.9 Å². The second-order valence-corrected chi connectivity index (χ2v) is 5.68. The predicted octanol–water partition coefficient (Wildman–Crippen LogP) is 1.32. The second-order valence-electron chi connectivity index (χ2n) is 5.68. The van der Waals surface area contributed by atoms with Gasteiger partial charge in [-0.1, -0.05) is 6.92 Å². The molecule has 1 atom stereocenters. The van der Waals surface area contributed by atoms with Crippen LogP contribution in [0, 0.1) is 0 Å². The van der Waals surface area contributed by atoms with Gasteiger partial charge in [0.2, 0.25) is 0 Å². The molecule has 0 saturated carbocycles. The molecule has 1 N–H and O–H groups in total. The molecule has 6 nitrogen and oxygen atoms in total. The second kappa shape index (κ2) is 7.47. The van der Waals surface area contributed by atoms with Crippen molar-refractivity contribution >= 4 is 12.0 Å². The smallest absolute Gasteiger partial charge is 0.323 e. The lowest BCUT2D eigenvalue weighted by atomic mass is 10.2. The molecule has 1 heterocycles. The van der Waals surface area contributed by atoms with E-state index in [2.05, 4.69) is 18.7 Å². The van der Waals surface area contributed by atoms with E-state index in [9.17, 15) is 9.59 Å². The number of hydrogen-bond donors (Lipinski definition) is 1. The van der Waals surface area contributed by atoms with Crippen molar-refractivity contribution in [3.63, 3.8) is 0 Å². The molecule has 0 aromatic carbocycles. The number of carbonyl (C=O) groups is 2. The van der Waals surface area contributed by atoms with E-state index in [-0.39, 0.29) is 18.6 Å². The molecule has 116 valence electrons. The zero-order valence-electron chi connectivity index (χ0n) is 13.0. The molecule has 0 aliphatic carbocycles. The van der Waals surface area contributed by atoms with Crippen molar-refractivity contribution < 1.29 is 14.7 Å². The maximum Gasteiger partial charge on any atom is 0.323 e. The Kier molecular flexibility index (Phi) is 6.26. The van der Waals surface area contributed by atoms with Crippen LogP contribution in [0.5, 0.6) is 0 Å². The lowest BCUT2D eigenvalue weighted by Crippen LogP contribution is -2.56. The molecule has 1 aliphatic rings. The first kappa shape index (κ1) is 16.8. The molecule has 0 aromatic rings. The van der Waals surface area contributed by atoms with Crippen LogP contribution in [-0.2, 0) is 4.79 Å². The summed E-state index contributed by atoms with van der Waals surface area (Å²) in [5, 5.41) is 8.97. The average Bonchev–Trinajstić information content (AvgIpc) is 2.43. The highest BCUT2D eigenvalue weighted by atomic mass is 16.4. The summed E-state index contributed by atoms with van der Waals surface area (Å²) in [7, 11) is 0. The fourth-order valence-corrected chi connectivity index (χ4v) is 2.39. The summed E-state index contributed by atoms with van der Waals surface area (Å²) in [5.41, 5.74) is 0. The van der Waals surface area contributed by atoms with Crippen molar-refractivity contribution in [1.82, 2.24) is 14.7 Å². The molecule has 1 rings (SSSR count). The van der Waals surface area contributed by atoms with Crippen molar-refractivity contribution in [3.05, 3.63) is 0 Å². The predicted molar refractivity (Wildman–Crippen MR) is 77.8 cm³/mol. The highest BCUT2D eigenvalue weighted by Gasteiger charge is 2.29. The molecular weight excluding hydrogens is 258 g/mol. The molecule has 2 amide bonds. The van der Waals surface area contributed by atoms with Gasteiger partial charge in [0.05, 0.1) is 0 Å². The van der Waals surface area contributed by atoms with E-state index in [1.54, 1.807) is 4.90 Å². The Hall–Kier alpha value is -1.30. The minimum Gasteiger partial charge on any atom is -0.480 e. The third kappa shape index (κ3) is 4.37. The molecule has 0 bridgehead atoms. The van der Waals surface area contributed by atoms with Crippen LogP contribution in [0.4, 0.5) is 4.79 Å². The van der Waals surface area contributed by atoms with Gasteiger partial charge in [0.25, 0.3) is 0 Å². The van der Waals surface area contributed by atoms with Crippen molar-refractivity contribution in [2.45, 2.75) is 46.2 Å². The summed E-state index contributed by atoms with van der Waals surface area (Å²) in [6, 6.07) is 0.281. The van der Waals surface area contributed by atoms with Gasteiger partial charge >= 0.3 is 12.0 Å². The van der Waals surface area contributed by atoms with Crippen LogP contribution >= 0.6 is 0 Å². The highest BCUT2D eigenvalue weighted by Crippen LogP contribution is 2.12. The summed E-state index contributed by atoms with van der Waals surface area (Å²) in [4.78, 5) is 29.0. The summed E-state index contributed by atoms with van der Waals surface area (Å²) >= 11 is 0. The molecule has 0 aromatic heterocycles. The van der Waals surface area contributed by atoms with Crippen molar-refractivity contribution in [2.24, 2.45) is 0 Å². The molecule has 1 fully saturated rings. The fraction of sp³-hybridized carbons (Fsp3) is 0.857. The average molecular weight is 285 g/mol. The number of amides is 2. The lowest BCUT2D eigenvalue weighted by Gasteiger charge is -2.40. The normalized spacial score (nSPS) is 18.1. The summed E-state index contributed by atoms with van der Waals surface area (Å²) < 4.78 is 0. The molecule has 6 heteroatoms. The Bertz CT molecular complexity index is 339. The third-order valence-electron chi connectivity index (χ3n) is 3.99. The van der Waals surface area contributed by atoms with Gasteiger partial charge in [0, 0.05) is 38.3 Å². The summed E-state index contributed by atoms with van der Waals surface area (Å²) in [5.74, 6) is -0.959. The van der Waals surface area contributed by atoms with Crippen LogP contribution < -0.4 is 0 Å². The summed E-state index contributed by atoms with van der Waals surface area (Å²) in [6.07, 6.45) is 0.755. The number of nitrogens with zero attached hydrogens (tertiary/aromatic N) is 3. The maximum atomic E-state index is 12.5. The molecule has 20 heavy (non-hydrogen) atoms. The van der Waals surface area contributed by atoms with Crippen LogP contribution in [0.3, 0.4) is 0 Å². The highest BCUT2D eigenvalue weighted by molar-refractivity contribution is 5.80. The van der Waals surface area contributed by atoms with Crippen molar-refractivity contribution in [1.29, 1.82) is 0 Å². The van der Waals surface area contributed by atoms with Crippen LogP contribution in [0.1, 0.15) is 34.1 Å². The van der Waals surface area contributed by atoms with Gasteiger partial charge in [-0.3, -0.25) is 9.69 Å². The number of carboxylic acids is 1. The van der Waals surface area contributed by atoms with E-state index < -0.39 is 5.97 Å². The van der Waals surface area contributed by atoms with E-state index in [0.717, 1.165) is 19.5 Å². The molecular formula is C14H27N3O3. The number of aliphatic carboxylic acids is 1. The first-order valence-corrected chi connectivity index (χ1v) is 7.38. The zero-order chi connectivity index (χ0) is 15.3. The third-order valence-corrected chi connectivity index (χ3v) is 3.99. The molecule has 1 saturated heterocycles. The lowest BCUT2D eigenvalue weighted by molar-refractivity contribution is -0.138. The van der Waals surface area contributed by atoms with Gasteiger partial charge in [-0.05, 0) is 27.2 Å². The SMILES string of the molecule is CCC(C)N(CC(=O)O)C(=O)N1CCN(C(C)C)CC1. The number of urea groups is 1. The van der Waals surface area contributed by atoms with Crippen LogP contribution in [-0.4, -0.2) is 76.6 Å². The van der Waals surface area contributed by atoms with Gasteiger partial charge in [-0.25, -0.2) is 4.79 Å². The van der Waals surface area contributed by atoms with Crippen LogP contribution in [0.2, 0.25) is 0 Å². The van der Waals surface area contributed by atoms with Crippen molar-refractivity contribution in [3.8, 4) is 0 Å². The number of carboxylic acid groups (broad SMARTS) is 1. The Morgan fingerprint density at radius 3 is 2.10 bits per heavy atom. The maximum absolute atomic E-state index is 12.5. The van der Waals surface area contributed by atoms with Gasteiger partial charge in [0.1, 0.15) is 6.54 Å². The fourth-order valence-electron chi connectivity index (χ4n) is 2.39. The molecule has 0 radical (unpaired) electrons. The van der Waals surface area contributed by atoms with E-state index in [1.165, 1.54) is 4.90 Å². The zero-order valence-corrected chi connectivity index (χ0v) is 13.0. The number of piperazine rings is 1. The minimum absolute atomic E-state index is 0.0540. The molecule has 1 aliphatic heterocycles. The topological polar surface area (TPSA) is 64.1 Å². The van der Waals surface area contributed by atoms with E-state index in [0.29, 0.717) is 19.1 Å². The first-order chi connectivity index (χ1) is 9.36. The van der Waals surface area contributed by atoms with E-state index in [1.807, 2.05) is 13.8 Å². The van der Waals surface area contributed by atoms with Gasteiger partial charge in [-0.2, -0.15) is 0 Å². The number of hydrogen-bond acceptors (Lipinski definition) is 3. The standard InChI is InChI=1S/C14H27N3O3/c1-5-12(4)17(10-13(18)19)14(20)16-8-6-15(7-9-16)11(2)3/h11-12H,5-10H2,1-4H3,(H,18,19). The molecule has 0 spiro atoms. The Balaban J connectivity index is 2.64. The van der Waals surface area contributed by atoms with E-state index in [4.69, 9.17) is 5.11 Å². The Morgan fingerprint density at radius 2 is 1.70 bits per heavy atom. The van der Waals surface area contributed by atoms with Crippen LogP contribution in [0.15, 0.2) is 0 Å². The summed E-state index contributed by atoms with van der Waals surface area (Å²) in [6.45, 7) is 11.0. The first-order valence-electron chi connectivity index (χ1n) is 7.38. The van der Waals surface area contributed by atoms with Gasteiger partial charge in [-0.15, -0.1) is 0 Å². The van der Waals surface area contributed by atoms with Crippen LogP contribution in [0.25, 0.3) is 0 Å². The quantitative estimate of drug-likeness (QED) is 0.827.